The van der Waals surface area contributed by atoms with E-state index in [1.807, 2.05) is 30.3 Å². The van der Waals surface area contributed by atoms with Crippen molar-refractivity contribution in [3.63, 3.8) is 0 Å². The number of rotatable bonds is 5. The number of carbonyl (C=O) groups excluding carboxylic acids is 2. The molecule has 0 radical (unpaired) electrons. The molecule has 24 heavy (non-hydrogen) atoms. The standard InChI is InChI=1S/C18H18FN3O2/c19-15-6-8-16(9-7-15)22-11-10-21(18(22)24)13-17(23)20-12-14-4-2-1-3-5-14/h1-9H,10-13H2,(H,20,23). The van der Waals surface area contributed by atoms with Gasteiger partial charge in [-0.1, -0.05) is 30.3 Å². The molecule has 0 bridgehead atoms. The molecular weight excluding hydrogens is 309 g/mol. The summed E-state index contributed by atoms with van der Waals surface area (Å²) in [7, 11) is 0. The minimum absolute atomic E-state index is 0.0172. The molecule has 1 heterocycles. The summed E-state index contributed by atoms with van der Waals surface area (Å²) < 4.78 is 13.0. The predicted octanol–water partition coefficient (Wildman–Crippen LogP) is 2.38. The van der Waals surface area contributed by atoms with Crippen LogP contribution in [0.25, 0.3) is 0 Å². The zero-order chi connectivity index (χ0) is 16.9. The van der Waals surface area contributed by atoms with E-state index in [1.165, 1.54) is 17.0 Å². The van der Waals surface area contributed by atoms with Gasteiger partial charge in [0.1, 0.15) is 12.4 Å². The van der Waals surface area contributed by atoms with Crippen LogP contribution in [-0.4, -0.2) is 36.5 Å². The number of halogens is 1. The van der Waals surface area contributed by atoms with Crippen molar-refractivity contribution in [3.8, 4) is 0 Å². The van der Waals surface area contributed by atoms with Crippen LogP contribution in [0.1, 0.15) is 5.56 Å². The van der Waals surface area contributed by atoms with E-state index in [0.717, 1.165) is 5.56 Å². The summed E-state index contributed by atoms with van der Waals surface area (Å²) >= 11 is 0. The first-order valence-electron chi connectivity index (χ1n) is 7.76. The van der Waals surface area contributed by atoms with Gasteiger partial charge in [-0.3, -0.25) is 9.69 Å². The average molecular weight is 327 g/mol. The maximum absolute atomic E-state index is 13.0. The van der Waals surface area contributed by atoms with Gasteiger partial charge in [0.05, 0.1) is 0 Å². The molecule has 0 aromatic heterocycles. The summed E-state index contributed by atoms with van der Waals surface area (Å²) in [5.74, 6) is -0.546. The first-order chi connectivity index (χ1) is 11.6. The number of amides is 3. The summed E-state index contributed by atoms with van der Waals surface area (Å²) in [5, 5.41) is 2.81. The third-order valence-corrected chi connectivity index (χ3v) is 3.90. The van der Waals surface area contributed by atoms with Crippen molar-refractivity contribution in [1.29, 1.82) is 0 Å². The van der Waals surface area contributed by atoms with Crippen LogP contribution in [0.5, 0.6) is 0 Å². The minimum atomic E-state index is -0.345. The molecule has 0 aliphatic carbocycles. The van der Waals surface area contributed by atoms with Crippen LogP contribution in [0.15, 0.2) is 54.6 Å². The monoisotopic (exact) mass is 327 g/mol. The lowest BCUT2D eigenvalue weighted by Gasteiger charge is -2.18. The maximum Gasteiger partial charge on any atom is 0.325 e. The van der Waals surface area contributed by atoms with Crippen LogP contribution in [0.3, 0.4) is 0 Å². The zero-order valence-corrected chi connectivity index (χ0v) is 13.1. The number of nitrogens with zero attached hydrogens (tertiary/aromatic N) is 2. The van der Waals surface area contributed by atoms with Gasteiger partial charge in [0.25, 0.3) is 0 Å². The second-order valence-corrected chi connectivity index (χ2v) is 5.59. The van der Waals surface area contributed by atoms with Crippen molar-refractivity contribution in [2.45, 2.75) is 6.54 Å². The Bertz CT molecular complexity index is 719. The average Bonchev–Trinajstić information content (AvgIpc) is 2.95. The SMILES string of the molecule is O=C(CN1CCN(c2ccc(F)cc2)C1=O)NCc1ccccc1. The van der Waals surface area contributed by atoms with Crippen molar-refractivity contribution in [3.05, 3.63) is 66.0 Å². The number of hydrogen-bond acceptors (Lipinski definition) is 2. The Kier molecular flexibility index (Phi) is 4.74. The lowest BCUT2D eigenvalue weighted by molar-refractivity contribution is -0.121. The van der Waals surface area contributed by atoms with Gasteiger partial charge in [-0.05, 0) is 29.8 Å². The van der Waals surface area contributed by atoms with E-state index in [9.17, 15) is 14.0 Å². The van der Waals surface area contributed by atoms with Gasteiger partial charge in [-0.25, -0.2) is 9.18 Å². The van der Waals surface area contributed by atoms with Crippen LogP contribution < -0.4 is 10.2 Å². The largest absolute Gasteiger partial charge is 0.350 e. The molecule has 1 saturated heterocycles. The van der Waals surface area contributed by atoms with Crippen molar-refractivity contribution >= 4 is 17.6 Å². The predicted molar refractivity (Wildman–Crippen MR) is 89.0 cm³/mol. The summed E-state index contributed by atoms with van der Waals surface area (Å²) in [5.41, 5.74) is 1.64. The van der Waals surface area contributed by atoms with Gasteiger partial charge < -0.3 is 10.2 Å². The third kappa shape index (κ3) is 3.71. The molecule has 3 amide bonds. The van der Waals surface area contributed by atoms with Crippen molar-refractivity contribution in [2.75, 3.05) is 24.5 Å². The van der Waals surface area contributed by atoms with Crippen LogP contribution >= 0.6 is 0 Å². The van der Waals surface area contributed by atoms with E-state index in [4.69, 9.17) is 0 Å². The summed E-state index contributed by atoms with van der Waals surface area (Å²) in [4.78, 5) is 27.4. The Labute approximate surface area is 139 Å². The molecule has 6 heteroatoms. The molecule has 124 valence electrons. The lowest BCUT2D eigenvalue weighted by Crippen LogP contribution is -2.39. The number of urea groups is 1. The fourth-order valence-electron chi connectivity index (χ4n) is 2.62. The summed E-state index contributed by atoms with van der Waals surface area (Å²) in [6, 6.07) is 15.1. The van der Waals surface area contributed by atoms with Crippen molar-refractivity contribution in [1.82, 2.24) is 10.2 Å². The minimum Gasteiger partial charge on any atom is -0.350 e. The van der Waals surface area contributed by atoms with Gasteiger partial charge in [0, 0.05) is 25.3 Å². The van der Waals surface area contributed by atoms with E-state index in [1.54, 1.807) is 17.0 Å². The van der Waals surface area contributed by atoms with Crippen molar-refractivity contribution in [2.24, 2.45) is 0 Å². The molecule has 0 saturated carbocycles. The van der Waals surface area contributed by atoms with Crippen LogP contribution in [-0.2, 0) is 11.3 Å². The Balaban J connectivity index is 1.53. The second-order valence-electron chi connectivity index (χ2n) is 5.59. The molecule has 1 N–H and O–H groups in total. The number of nitrogens with one attached hydrogen (secondary N) is 1. The quantitative estimate of drug-likeness (QED) is 0.917. The topological polar surface area (TPSA) is 52.7 Å². The molecule has 5 nitrogen and oxygen atoms in total. The zero-order valence-electron chi connectivity index (χ0n) is 13.1. The Morgan fingerprint density at radius 1 is 1.04 bits per heavy atom. The van der Waals surface area contributed by atoms with E-state index in [0.29, 0.717) is 25.3 Å². The Morgan fingerprint density at radius 2 is 1.75 bits per heavy atom. The van der Waals surface area contributed by atoms with Gasteiger partial charge in [-0.15, -0.1) is 0 Å². The second kappa shape index (κ2) is 7.12. The maximum atomic E-state index is 13.0. The Hall–Kier alpha value is -2.89. The van der Waals surface area contributed by atoms with Gasteiger partial charge in [0.15, 0.2) is 0 Å². The van der Waals surface area contributed by atoms with Crippen LogP contribution in [0, 0.1) is 5.82 Å². The highest BCUT2D eigenvalue weighted by molar-refractivity contribution is 5.96. The highest BCUT2D eigenvalue weighted by Crippen LogP contribution is 2.20. The number of anilines is 1. The van der Waals surface area contributed by atoms with Crippen LogP contribution in [0.2, 0.25) is 0 Å². The van der Waals surface area contributed by atoms with Gasteiger partial charge >= 0.3 is 6.03 Å². The number of benzene rings is 2. The van der Waals surface area contributed by atoms with Gasteiger partial charge in [-0.2, -0.15) is 0 Å². The molecular formula is C18H18FN3O2. The first-order valence-corrected chi connectivity index (χ1v) is 7.76. The van der Waals surface area contributed by atoms with E-state index in [-0.39, 0.29) is 24.3 Å². The van der Waals surface area contributed by atoms with E-state index in [2.05, 4.69) is 5.32 Å². The number of carbonyl (C=O) groups is 2. The molecule has 1 aliphatic heterocycles. The summed E-state index contributed by atoms with van der Waals surface area (Å²) in [6.07, 6.45) is 0. The fraction of sp³-hybridized carbons (Fsp3) is 0.222. The molecule has 2 aromatic carbocycles. The van der Waals surface area contributed by atoms with E-state index >= 15 is 0 Å². The van der Waals surface area contributed by atoms with Crippen molar-refractivity contribution < 1.29 is 14.0 Å². The van der Waals surface area contributed by atoms with Gasteiger partial charge in [0.2, 0.25) is 5.91 Å². The normalized spacial score (nSPS) is 14.1. The molecule has 0 atom stereocenters. The first kappa shape index (κ1) is 16.0. The number of hydrogen-bond donors (Lipinski definition) is 1. The van der Waals surface area contributed by atoms with Crippen LogP contribution in [0.4, 0.5) is 14.9 Å². The van der Waals surface area contributed by atoms with E-state index < -0.39 is 0 Å². The molecule has 0 spiro atoms. The highest BCUT2D eigenvalue weighted by Gasteiger charge is 2.30. The molecule has 1 aliphatic rings. The lowest BCUT2D eigenvalue weighted by atomic mass is 10.2. The molecule has 3 rings (SSSR count). The third-order valence-electron chi connectivity index (χ3n) is 3.90. The molecule has 2 aromatic rings. The molecule has 1 fully saturated rings. The smallest absolute Gasteiger partial charge is 0.325 e. The summed E-state index contributed by atoms with van der Waals surface area (Å²) in [6.45, 7) is 1.40. The molecule has 0 unspecified atom stereocenters. The Morgan fingerprint density at radius 3 is 2.46 bits per heavy atom. The highest BCUT2D eigenvalue weighted by atomic mass is 19.1. The fourth-order valence-corrected chi connectivity index (χ4v) is 2.62.